The molecule has 1 heterocycles. The van der Waals surface area contributed by atoms with Gasteiger partial charge in [0, 0.05) is 24.8 Å². The molecule has 3 aromatic rings. The van der Waals surface area contributed by atoms with E-state index in [1.54, 1.807) is 24.3 Å². The second-order valence-corrected chi connectivity index (χ2v) is 9.60. The monoisotopic (exact) mass is 590 g/mol. The normalized spacial score (nSPS) is 16.4. The topological polar surface area (TPSA) is 79.3 Å². The number of ketones is 1. The molecule has 0 bridgehead atoms. The number of benzene rings is 3. The quantitative estimate of drug-likeness (QED) is 0.177. The van der Waals surface area contributed by atoms with Crippen molar-refractivity contribution < 1.29 is 33.0 Å². The molecule has 1 saturated heterocycles. The van der Waals surface area contributed by atoms with Crippen molar-refractivity contribution in [1.82, 2.24) is 0 Å². The number of rotatable bonds is 8. The molecule has 7 nitrogen and oxygen atoms in total. The first-order chi connectivity index (χ1) is 19.1. The van der Waals surface area contributed by atoms with E-state index >= 15 is 4.39 Å². The van der Waals surface area contributed by atoms with Gasteiger partial charge in [0.1, 0.15) is 22.4 Å². The number of hydrogen-bond acceptors (Lipinski definition) is 6. The zero-order valence-corrected chi connectivity index (χ0v) is 23.6. The highest BCUT2D eigenvalue weighted by Crippen LogP contribution is 2.48. The molecule has 0 aliphatic carbocycles. The summed E-state index contributed by atoms with van der Waals surface area (Å²) in [6, 6.07) is 9.41. The Morgan fingerprint density at radius 1 is 0.975 bits per heavy atom. The summed E-state index contributed by atoms with van der Waals surface area (Å²) in [5.74, 6) is -4.69. The van der Waals surface area contributed by atoms with Gasteiger partial charge in [0.05, 0.1) is 42.1 Å². The van der Waals surface area contributed by atoms with Crippen LogP contribution in [0.2, 0.25) is 10.0 Å². The summed E-state index contributed by atoms with van der Waals surface area (Å²) >= 11 is 12.7. The van der Waals surface area contributed by atoms with E-state index in [4.69, 9.17) is 32.7 Å². The Hall–Kier alpha value is -3.82. The molecule has 1 atom stereocenters. The molecule has 1 aliphatic heterocycles. The van der Waals surface area contributed by atoms with Crippen LogP contribution >= 0.6 is 23.2 Å². The van der Waals surface area contributed by atoms with E-state index in [1.807, 2.05) is 13.8 Å². The predicted molar refractivity (Wildman–Crippen MR) is 151 cm³/mol. The lowest BCUT2D eigenvalue weighted by molar-refractivity contribution is -0.132. The third-order valence-corrected chi connectivity index (χ3v) is 7.37. The van der Waals surface area contributed by atoms with E-state index in [1.165, 1.54) is 20.3 Å². The number of halogens is 4. The fourth-order valence-electron chi connectivity index (χ4n) is 4.81. The Labute approximate surface area is 240 Å². The average molecular weight is 591 g/mol. The summed E-state index contributed by atoms with van der Waals surface area (Å²) in [5.41, 5.74) is 0.292. The maximum atomic E-state index is 15.0. The van der Waals surface area contributed by atoms with Gasteiger partial charge >= 0.3 is 0 Å². The number of amides is 1. The minimum absolute atomic E-state index is 0.000351. The van der Waals surface area contributed by atoms with Gasteiger partial charge in [-0.05, 0) is 49.7 Å². The highest BCUT2D eigenvalue weighted by molar-refractivity contribution is 6.52. The van der Waals surface area contributed by atoms with E-state index in [-0.39, 0.29) is 32.7 Å². The minimum atomic E-state index is -1.33. The maximum Gasteiger partial charge on any atom is 0.300 e. The average Bonchev–Trinajstić information content (AvgIpc) is 3.20. The number of Topliss-reactive ketones (excluding diaryl/α,β-unsaturated/α-hetero) is 1. The van der Waals surface area contributed by atoms with Crippen molar-refractivity contribution in [2.24, 2.45) is 0 Å². The van der Waals surface area contributed by atoms with E-state index in [0.717, 1.165) is 41.9 Å². The zero-order valence-electron chi connectivity index (χ0n) is 22.1. The number of carbonyl (C=O) groups is 2. The summed E-state index contributed by atoms with van der Waals surface area (Å²) in [6.45, 7) is 5.47. The second kappa shape index (κ2) is 11.7. The van der Waals surface area contributed by atoms with Crippen LogP contribution in [0.4, 0.5) is 20.2 Å². The summed E-state index contributed by atoms with van der Waals surface area (Å²) in [5, 5.41) is 11.5. The van der Waals surface area contributed by atoms with Crippen molar-refractivity contribution >= 4 is 52.0 Å². The Morgan fingerprint density at radius 3 is 2.17 bits per heavy atom. The first kappa shape index (κ1) is 29.2. The number of carbonyl (C=O) groups excluding carboxylic acids is 2. The van der Waals surface area contributed by atoms with E-state index in [2.05, 4.69) is 4.90 Å². The summed E-state index contributed by atoms with van der Waals surface area (Å²) in [6.07, 6.45) is 0. The maximum absolute atomic E-state index is 15.0. The molecule has 1 unspecified atom stereocenters. The van der Waals surface area contributed by atoms with Crippen LogP contribution in [0.5, 0.6) is 11.5 Å². The van der Waals surface area contributed by atoms with E-state index in [0.29, 0.717) is 5.56 Å². The lowest BCUT2D eigenvalue weighted by Gasteiger charge is -2.27. The first-order valence-electron chi connectivity index (χ1n) is 12.3. The van der Waals surface area contributed by atoms with Gasteiger partial charge in [-0.25, -0.2) is 8.78 Å². The van der Waals surface area contributed by atoms with Crippen LogP contribution in [0, 0.1) is 11.6 Å². The third kappa shape index (κ3) is 4.95. The molecule has 1 N–H and O–H groups in total. The molecule has 0 spiro atoms. The van der Waals surface area contributed by atoms with E-state index in [9.17, 15) is 19.1 Å². The van der Waals surface area contributed by atoms with Gasteiger partial charge in [0.2, 0.25) is 0 Å². The fourth-order valence-corrected chi connectivity index (χ4v) is 5.50. The molecule has 4 rings (SSSR count). The van der Waals surface area contributed by atoms with Crippen LogP contribution in [0.1, 0.15) is 31.0 Å². The van der Waals surface area contributed by atoms with Crippen molar-refractivity contribution in [3.8, 4) is 11.5 Å². The Balaban J connectivity index is 2.01. The van der Waals surface area contributed by atoms with Crippen molar-refractivity contribution in [2.75, 3.05) is 37.1 Å². The van der Waals surface area contributed by atoms with Crippen molar-refractivity contribution in [3.05, 3.63) is 86.9 Å². The number of ether oxygens (including phenoxy) is 2. The standard InChI is InChI=1S/C29H26Cl2F2N2O5/c1-5-34(6-2)17-10-7-15(8-11-17)24-22(25(36)18-14-19(30)28(40-4)23(31)27(18)39-3)26(37)29(38)35(24)21-13-16(32)9-12-20(21)33/h7-14,24,36H,5-6H2,1-4H3/b25-22+. The van der Waals surface area contributed by atoms with Gasteiger partial charge in [-0.15, -0.1) is 0 Å². The molecule has 0 radical (unpaired) electrons. The smallest absolute Gasteiger partial charge is 0.300 e. The number of nitrogens with zero attached hydrogens (tertiary/aromatic N) is 2. The minimum Gasteiger partial charge on any atom is -0.507 e. The summed E-state index contributed by atoms with van der Waals surface area (Å²) < 4.78 is 39.8. The molecular weight excluding hydrogens is 565 g/mol. The SMILES string of the molecule is CCN(CC)c1ccc(C2/C(=C(\O)c3cc(Cl)c(OC)c(Cl)c3OC)C(=O)C(=O)N2c2cc(F)ccc2F)cc1. The lowest BCUT2D eigenvalue weighted by atomic mass is 9.94. The highest BCUT2D eigenvalue weighted by atomic mass is 35.5. The van der Waals surface area contributed by atoms with Gasteiger partial charge in [-0.3, -0.25) is 14.5 Å². The van der Waals surface area contributed by atoms with Crippen molar-refractivity contribution in [2.45, 2.75) is 19.9 Å². The molecule has 3 aromatic carbocycles. The second-order valence-electron chi connectivity index (χ2n) is 8.82. The summed E-state index contributed by atoms with van der Waals surface area (Å²) in [7, 11) is 2.63. The van der Waals surface area contributed by atoms with Gasteiger partial charge < -0.3 is 19.5 Å². The molecule has 40 heavy (non-hydrogen) atoms. The Morgan fingerprint density at radius 2 is 1.60 bits per heavy atom. The van der Waals surface area contributed by atoms with Crippen molar-refractivity contribution in [3.63, 3.8) is 0 Å². The highest BCUT2D eigenvalue weighted by Gasteiger charge is 2.48. The van der Waals surface area contributed by atoms with Crippen LogP contribution < -0.4 is 19.3 Å². The number of hydrogen-bond donors (Lipinski definition) is 1. The number of anilines is 2. The largest absolute Gasteiger partial charge is 0.507 e. The molecule has 1 aliphatic rings. The van der Waals surface area contributed by atoms with Crippen molar-refractivity contribution in [1.29, 1.82) is 0 Å². The van der Waals surface area contributed by atoms with Gasteiger partial charge in [0.15, 0.2) is 11.5 Å². The molecular formula is C29H26Cl2F2N2O5. The van der Waals surface area contributed by atoms with Crippen LogP contribution in [0.3, 0.4) is 0 Å². The predicted octanol–water partition coefficient (Wildman–Crippen LogP) is 6.76. The molecule has 1 amide bonds. The number of aliphatic hydroxyl groups is 1. The zero-order chi connectivity index (χ0) is 29.3. The van der Waals surface area contributed by atoms with Gasteiger partial charge in [-0.2, -0.15) is 0 Å². The van der Waals surface area contributed by atoms with Crippen LogP contribution in [0.15, 0.2) is 54.1 Å². The molecule has 0 saturated carbocycles. The molecule has 0 aromatic heterocycles. The number of methoxy groups -OCH3 is 2. The Kier molecular flexibility index (Phi) is 8.56. The van der Waals surface area contributed by atoms with Gasteiger partial charge in [-0.1, -0.05) is 35.3 Å². The van der Waals surface area contributed by atoms with Crippen LogP contribution in [-0.2, 0) is 9.59 Å². The van der Waals surface area contributed by atoms with E-state index < -0.39 is 40.8 Å². The Bertz CT molecular complexity index is 1510. The number of aliphatic hydroxyl groups excluding tert-OH is 1. The van der Waals surface area contributed by atoms with Crippen LogP contribution in [-0.4, -0.2) is 44.1 Å². The summed E-state index contributed by atoms with van der Waals surface area (Å²) in [4.78, 5) is 29.8. The molecule has 11 heteroatoms. The van der Waals surface area contributed by atoms with Crippen LogP contribution in [0.25, 0.3) is 5.76 Å². The fraction of sp³-hybridized carbons (Fsp3) is 0.241. The molecule has 1 fully saturated rings. The lowest BCUT2D eigenvalue weighted by Crippen LogP contribution is -2.30. The third-order valence-electron chi connectivity index (χ3n) is 6.74. The molecule has 210 valence electrons. The van der Waals surface area contributed by atoms with Gasteiger partial charge in [0.25, 0.3) is 11.7 Å². The first-order valence-corrected chi connectivity index (χ1v) is 13.1.